The minimum absolute atomic E-state index is 0.116. The lowest BCUT2D eigenvalue weighted by atomic mass is 9.74. The second-order valence-corrected chi connectivity index (χ2v) is 7.55. The maximum absolute atomic E-state index is 14.8. The third kappa shape index (κ3) is 6.75. The molecule has 0 heterocycles. The number of aliphatic imine (C=N–C) groups is 1. The van der Waals surface area contributed by atoms with Gasteiger partial charge in [-0.15, -0.1) is 0 Å². The van der Waals surface area contributed by atoms with E-state index in [1.807, 2.05) is 26.8 Å². The SMILES string of the molecule is C=NCCC/C(=C\NC)C(=O)NCCC(C)(CCN)c1c(C)cc(C)cc1F. The van der Waals surface area contributed by atoms with Crippen LogP contribution in [0.25, 0.3) is 0 Å². The summed E-state index contributed by atoms with van der Waals surface area (Å²) in [6.45, 7) is 10.8. The summed E-state index contributed by atoms with van der Waals surface area (Å²) in [5, 5.41) is 5.89. The molecule has 4 N–H and O–H groups in total. The Kier molecular flexibility index (Phi) is 9.87. The standard InChI is InChI=1S/C22H35FN4O/c1-16-13-17(2)20(19(23)14-16)22(3,8-10-24)9-12-27-21(28)18(15-26-5)7-6-11-25-4/h13-15,26H,4,6-12,24H2,1-3,5H3,(H,27,28)/b18-15+. The molecule has 6 heteroatoms. The molecular weight excluding hydrogens is 355 g/mol. The van der Waals surface area contributed by atoms with Crippen LogP contribution in [-0.2, 0) is 10.2 Å². The summed E-state index contributed by atoms with van der Waals surface area (Å²) in [6, 6.07) is 3.56. The molecule has 28 heavy (non-hydrogen) atoms. The molecule has 1 unspecified atom stereocenters. The van der Waals surface area contributed by atoms with E-state index < -0.39 is 5.41 Å². The minimum atomic E-state index is -0.441. The molecule has 1 aromatic rings. The van der Waals surface area contributed by atoms with E-state index in [2.05, 4.69) is 22.3 Å². The van der Waals surface area contributed by atoms with Crippen molar-refractivity contribution in [3.63, 3.8) is 0 Å². The number of nitrogens with one attached hydrogen (secondary N) is 2. The number of aryl methyl sites for hydroxylation is 2. The first kappa shape index (κ1) is 23.8. The van der Waals surface area contributed by atoms with Crippen LogP contribution in [0.4, 0.5) is 4.39 Å². The molecule has 0 saturated carbocycles. The smallest absolute Gasteiger partial charge is 0.248 e. The number of nitrogens with two attached hydrogens (primary N) is 1. The monoisotopic (exact) mass is 390 g/mol. The number of amides is 1. The molecule has 5 nitrogen and oxygen atoms in total. The molecular formula is C22H35FN4O. The van der Waals surface area contributed by atoms with Crippen molar-refractivity contribution in [2.45, 2.75) is 51.9 Å². The van der Waals surface area contributed by atoms with Crippen molar-refractivity contribution in [1.29, 1.82) is 0 Å². The van der Waals surface area contributed by atoms with Gasteiger partial charge in [0.15, 0.2) is 0 Å². The van der Waals surface area contributed by atoms with Gasteiger partial charge in [-0.2, -0.15) is 0 Å². The Labute approximate surface area is 168 Å². The molecule has 1 amide bonds. The highest BCUT2D eigenvalue weighted by Crippen LogP contribution is 2.35. The maximum Gasteiger partial charge on any atom is 0.248 e. The predicted molar refractivity (Wildman–Crippen MR) is 115 cm³/mol. The minimum Gasteiger partial charge on any atom is -0.394 e. The van der Waals surface area contributed by atoms with Crippen molar-refractivity contribution in [3.8, 4) is 0 Å². The van der Waals surface area contributed by atoms with Gasteiger partial charge >= 0.3 is 0 Å². The zero-order chi connectivity index (χ0) is 21.2. The van der Waals surface area contributed by atoms with Gasteiger partial charge < -0.3 is 21.4 Å². The second-order valence-electron chi connectivity index (χ2n) is 7.55. The number of benzene rings is 1. The van der Waals surface area contributed by atoms with Gasteiger partial charge in [0.25, 0.3) is 0 Å². The van der Waals surface area contributed by atoms with Gasteiger partial charge in [0, 0.05) is 31.9 Å². The van der Waals surface area contributed by atoms with Gasteiger partial charge in [-0.3, -0.25) is 4.79 Å². The fourth-order valence-corrected chi connectivity index (χ4v) is 3.75. The number of hydrogen-bond donors (Lipinski definition) is 3. The van der Waals surface area contributed by atoms with E-state index in [0.29, 0.717) is 50.0 Å². The van der Waals surface area contributed by atoms with E-state index in [4.69, 9.17) is 5.73 Å². The molecule has 0 fully saturated rings. The van der Waals surface area contributed by atoms with Crippen LogP contribution < -0.4 is 16.4 Å². The number of halogens is 1. The number of carbonyl (C=O) groups is 1. The fourth-order valence-electron chi connectivity index (χ4n) is 3.75. The third-order valence-corrected chi connectivity index (χ3v) is 5.07. The molecule has 0 spiro atoms. The van der Waals surface area contributed by atoms with Crippen LogP contribution in [0.3, 0.4) is 0 Å². The molecule has 0 saturated heterocycles. The Bertz CT molecular complexity index is 679. The van der Waals surface area contributed by atoms with Crippen LogP contribution >= 0.6 is 0 Å². The summed E-state index contributed by atoms with van der Waals surface area (Å²) in [5.74, 6) is -0.318. The molecule has 0 radical (unpaired) electrons. The molecule has 1 aromatic carbocycles. The highest BCUT2D eigenvalue weighted by atomic mass is 19.1. The van der Waals surface area contributed by atoms with Crippen molar-refractivity contribution in [2.75, 3.05) is 26.7 Å². The second kappa shape index (κ2) is 11.6. The fraction of sp³-hybridized carbons (Fsp3) is 0.545. The summed E-state index contributed by atoms with van der Waals surface area (Å²) in [7, 11) is 1.76. The first-order chi connectivity index (χ1) is 13.3. The average Bonchev–Trinajstić information content (AvgIpc) is 2.60. The van der Waals surface area contributed by atoms with E-state index in [9.17, 15) is 9.18 Å². The molecule has 0 bridgehead atoms. The van der Waals surface area contributed by atoms with Crippen molar-refractivity contribution < 1.29 is 9.18 Å². The molecule has 0 aliphatic carbocycles. The first-order valence-electron chi connectivity index (χ1n) is 9.83. The molecule has 0 aliphatic heterocycles. The average molecular weight is 391 g/mol. The largest absolute Gasteiger partial charge is 0.394 e. The number of carbonyl (C=O) groups excluding carboxylic acids is 1. The zero-order valence-corrected chi connectivity index (χ0v) is 17.7. The topological polar surface area (TPSA) is 79.5 Å². The molecule has 156 valence electrons. The Hall–Kier alpha value is -2.21. The van der Waals surface area contributed by atoms with E-state index >= 15 is 0 Å². The van der Waals surface area contributed by atoms with E-state index in [0.717, 1.165) is 17.5 Å². The zero-order valence-electron chi connectivity index (χ0n) is 17.7. The summed E-state index contributed by atoms with van der Waals surface area (Å²) in [4.78, 5) is 16.3. The quantitative estimate of drug-likeness (QED) is 0.291. The Balaban J connectivity index is 2.87. The molecule has 1 rings (SSSR count). The van der Waals surface area contributed by atoms with Gasteiger partial charge in [0.2, 0.25) is 5.91 Å². The van der Waals surface area contributed by atoms with Crippen LogP contribution in [-0.4, -0.2) is 39.3 Å². The van der Waals surface area contributed by atoms with Crippen LogP contribution in [0.2, 0.25) is 0 Å². The summed E-state index contributed by atoms with van der Waals surface area (Å²) in [5.41, 5.74) is 8.58. The van der Waals surface area contributed by atoms with Gasteiger partial charge in [0.05, 0.1) is 0 Å². The highest BCUT2D eigenvalue weighted by Gasteiger charge is 2.30. The van der Waals surface area contributed by atoms with Crippen molar-refractivity contribution >= 4 is 12.6 Å². The van der Waals surface area contributed by atoms with E-state index in [1.165, 1.54) is 0 Å². The third-order valence-electron chi connectivity index (χ3n) is 5.07. The number of rotatable bonds is 12. The van der Waals surface area contributed by atoms with Crippen LogP contribution in [0.15, 0.2) is 28.9 Å². The molecule has 0 aliphatic rings. The van der Waals surface area contributed by atoms with Crippen LogP contribution in [0.1, 0.15) is 49.3 Å². The number of nitrogens with zero attached hydrogens (tertiary/aromatic N) is 1. The Morgan fingerprint density at radius 2 is 2.07 bits per heavy atom. The normalized spacial score (nSPS) is 13.7. The number of hydrogen-bond acceptors (Lipinski definition) is 4. The lowest BCUT2D eigenvalue weighted by Gasteiger charge is -2.32. The van der Waals surface area contributed by atoms with Gasteiger partial charge in [0.1, 0.15) is 5.82 Å². The predicted octanol–water partition coefficient (Wildman–Crippen LogP) is 3.14. The van der Waals surface area contributed by atoms with Gasteiger partial charge in [-0.1, -0.05) is 13.0 Å². The lowest BCUT2D eigenvalue weighted by Crippen LogP contribution is -2.35. The van der Waals surface area contributed by atoms with Crippen molar-refractivity contribution in [3.05, 3.63) is 46.4 Å². The van der Waals surface area contributed by atoms with E-state index in [1.54, 1.807) is 19.3 Å². The van der Waals surface area contributed by atoms with Crippen LogP contribution in [0.5, 0.6) is 0 Å². The molecule has 1 atom stereocenters. The lowest BCUT2D eigenvalue weighted by molar-refractivity contribution is -0.117. The summed E-state index contributed by atoms with van der Waals surface area (Å²) >= 11 is 0. The van der Waals surface area contributed by atoms with Crippen molar-refractivity contribution in [2.24, 2.45) is 10.7 Å². The summed E-state index contributed by atoms with van der Waals surface area (Å²) < 4.78 is 14.8. The maximum atomic E-state index is 14.8. The Morgan fingerprint density at radius 3 is 2.64 bits per heavy atom. The van der Waals surface area contributed by atoms with E-state index in [-0.39, 0.29) is 11.7 Å². The van der Waals surface area contributed by atoms with Gasteiger partial charge in [-0.05, 0) is 81.0 Å². The highest BCUT2D eigenvalue weighted by molar-refractivity contribution is 5.93. The van der Waals surface area contributed by atoms with Crippen LogP contribution in [0, 0.1) is 19.7 Å². The first-order valence-corrected chi connectivity index (χ1v) is 9.83. The molecule has 0 aromatic heterocycles. The summed E-state index contributed by atoms with van der Waals surface area (Å²) in [6.07, 6.45) is 4.35. The Morgan fingerprint density at radius 1 is 1.36 bits per heavy atom. The van der Waals surface area contributed by atoms with Gasteiger partial charge in [-0.25, -0.2) is 4.39 Å². The van der Waals surface area contributed by atoms with Crippen molar-refractivity contribution in [1.82, 2.24) is 10.6 Å².